The van der Waals surface area contributed by atoms with Crippen LogP contribution in [0.1, 0.15) is 16.0 Å². The zero-order valence-corrected chi connectivity index (χ0v) is 12.2. The summed E-state index contributed by atoms with van der Waals surface area (Å²) < 4.78 is 11.9. The summed E-state index contributed by atoms with van der Waals surface area (Å²) in [6.07, 6.45) is 0. The van der Waals surface area contributed by atoms with Crippen molar-refractivity contribution in [3.8, 4) is 0 Å². The van der Waals surface area contributed by atoms with Gasteiger partial charge in [0.1, 0.15) is 0 Å². The van der Waals surface area contributed by atoms with Crippen LogP contribution in [0.15, 0.2) is 41.8 Å². The molecule has 1 saturated heterocycles. The van der Waals surface area contributed by atoms with Crippen molar-refractivity contribution in [2.75, 3.05) is 13.2 Å². The van der Waals surface area contributed by atoms with Gasteiger partial charge in [0.2, 0.25) is 5.79 Å². The molecule has 4 heteroatoms. The summed E-state index contributed by atoms with van der Waals surface area (Å²) in [4.78, 5) is 1.10. The highest BCUT2D eigenvalue weighted by Gasteiger charge is 2.41. The Balaban J connectivity index is 2.09. The molecule has 0 radical (unpaired) electrons. The Kier molecular flexibility index (Phi) is 3.52. The molecule has 2 nitrogen and oxygen atoms in total. The minimum absolute atomic E-state index is 0.635. The van der Waals surface area contributed by atoms with Crippen LogP contribution in [0.3, 0.4) is 0 Å². The number of hydrogen-bond donors (Lipinski definition) is 0. The molecule has 1 aliphatic heterocycles. The van der Waals surface area contributed by atoms with E-state index in [-0.39, 0.29) is 0 Å². The van der Waals surface area contributed by atoms with Crippen molar-refractivity contribution in [1.29, 1.82) is 0 Å². The molecule has 0 saturated carbocycles. The first-order valence-corrected chi connectivity index (χ1v) is 7.82. The van der Waals surface area contributed by atoms with Crippen LogP contribution in [0.4, 0.5) is 0 Å². The third-order valence-corrected chi connectivity index (χ3v) is 4.60. The van der Waals surface area contributed by atoms with E-state index in [1.807, 2.05) is 12.1 Å². The van der Waals surface area contributed by atoms with E-state index in [0.29, 0.717) is 13.2 Å². The van der Waals surface area contributed by atoms with Gasteiger partial charge in [-0.25, -0.2) is 0 Å². The fourth-order valence-electron chi connectivity index (χ4n) is 2.19. The molecule has 0 N–H and O–H groups in total. The van der Waals surface area contributed by atoms with Gasteiger partial charge in [0.25, 0.3) is 0 Å². The van der Waals surface area contributed by atoms with Crippen LogP contribution < -0.4 is 0 Å². The molecule has 2 heterocycles. The lowest BCUT2D eigenvalue weighted by Crippen LogP contribution is -2.27. The first kappa shape index (κ1) is 12.4. The molecule has 1 aromatic carbocycles. The Labute approximate surface area is 119 Å². The fourth-order valence-corrected chi connectivity index (χ4v) is 3.39. The summed E-state index contributed by atoms with van der Waals surface area (Å²) in [5.41, 5.74) is 2.29. The summed E-state index contributed by atoms with van der Waals surface area (Å²) in [6, 6.07) is 12.4. The molecule has 0 spiro atoms. The van der Waals surface area contributed by atoms with Crippen LogP contribution in [0.5, 0.6) is 0 Å². The molecular formula is C14H13BrO2S. The Morgan fingerprint density at radius 3 is 2.67 bits per heavy atom. The highest BCUT2D eigenvalue weighted by molar-refractivity contribution is 9.08. The van der Waals surface area contributed by atoms with Crippen LogP contribution in [0, 0.1) is 0 Å². The fraction of sp³-hybridized carbons (Fsp3) is 0.286. The van der Waals surface area contributed by atoms with Crippen LogP contribution in [-0.2, 0) is 20.6 Å². The second kappa shape index (κ2) is 5.13. The third kappa shape index (κ3) is 2.03. The molecule has 0 amide bonds. The molecule has 1 aliphatic rings. The molecule has 3 rings (SSSR count). The van der Waals surface area contributed by atoms with E-state index in [0.717, 1.165) is 15.8 Å². The number of rotatable bonds is 3. The topological polar surface area (TPSA) is 18.5 Å². The first-order valence-electron chi connectivity index (χ1n) is 5.82. The Bertz CT molecular complexity index is 518. The number of benzene rings is 1. The average Bonchev–Trinajstić information content (AvgIpc) is 3.10. The molecule has 0 atom stereocenters. The summed E-state index contributed by atoms with van der Waals surface area (Å²) >= 11 is 5.15. The van der Waals surface area contributed by atoms with Gasteiger partial charge in [0.15, 0.2) is 0 Å². The second-order valence-corrected chi connectivity index (χ2v) is 5.63. The van der Waals surface area contributed by atoms with Crippen molar-refractivity contribution >= 4 is 27.3 Å². The van der Waals surface area contributed by atoms with Gasteiger partial charge < -0.3 is 9.47 Å². The van der Waals surface area contributed by atoms with Gasteiger partial charge in [0.05, 0.1) is 18.1 Å². The van der Waals surface area contributed by atoms with Crippen molar-refractivity contribution in [2.24, 2.45) is 0 Å². The number of alkyl halides is 1. The molecule has 2 aromatic rings. The Hall–Kier alpha value is -0.680. The van der Waals surface area contributed by atoms with E-state index in [4.69, 9.17) is 9.47 Å². The SMILES string of the molecule is BrCc1cccc(C2(c3cccs3)OCCO2)c1. The quantitative estimate of drug-likeness (QED) is 0.797. The summed E-state index contributed by atoms with van der Waals surface area (Å²) in [5.74, 6) is -0.702. The summed E-state index contributed by atoms with van der Waals surface area (Å²) in [5, 5.41) is 2.89. The predicted octanol–water partition coefficient (Wildman–Crippen LogP) is 3.89. The molecule has 1 fully saturated rings. The van der Waals surface area contributed by atoms with Crippen molar-refractivity contribution < 1.29 is 9.47 Å². The lowest BCUT2D eigenvalue weighted by molar-refractivity contribution is -0.127. The molecule has 0 bridgehead atoms. The normalized spacial score (nSPS) is 18.1. The zero-order chi connectivity index (χ0) is 12.4. The van der Waals surface area contributed by atoms with Crippen LogP contribution in [0.25, 0.3) is 0 Å². The van der Waals surface area contributed by atoms with E-state index in [1.54, 1.807) is 11.3 Å². The van der Waals surface area contributed by atoms with Gasteiger partial charge in [-0.05, 0) is 23.1 Å². The lowest BCUT2D eigenvalue weighted by atomic mass is 10.0. The molecule has 0 unspecified atom stereocenters. The minimum atomic E-state index is -0.702. The minimum Gasteiger partial charge on any atom is -0.339 e. The largest absolute Gasteiger partial charge is 0.339 e. The molecule has 94 valence electrons. The van der Waals surface area contributed by atoms with Gasteiger partial charge >= 0.3 is 0 Å². The Morgan fingerprint density at radius 1 is 1.17 bits per heavy atom. The predicted molar refractivity (Wildman–Crippen MR) is 76.1 cm³/mol. The van der Waals surface area contributed by atoms with Crippen LogP contribution in [0.2, 0.25) is 0 Å². The maximum atomic E-state index is 5.94. The van der Waals surface area contributed by atoms with Gasteiger partial charge in [-0.2, -0.15) is 0 Å². The number of thiophene rings is 1. The molecule has 0 aliphatic carbocycles. The molecule has 18 heavy (non-hydrogen) atoms. The summed E-state index contributed by atoms with van der Waals surface area (Å²) in [7, 11) is 0. The average molecular weight is 325 g/mol. The van der Waals surface area contributed by atoms with Crippen molar-refractivity contribution in [2.45, 2.75) is 11.1 Å². The summed E-state index contributed by atoms with van der Waals surface area (Å²) in [6.45, 7) is 1.27. The van der Waals surface area contributed by atoms with Crippen molar-refractivity contribution in [1.82, 2.24) is 0 Å². The maximum Gasteiger partial charge on any atom is 0.232 e. The van der Waals surface area contributed by atoms with Crippen LogP contribution >= 0.6 is 27.3 Å². The van der Waals surface area contributed by atoms with E-state index in [1.165, 1.54) is 5.56 Å². The molecule has 1 aromatic heterocycles. The van der Waals surface area contributed by atoms with Gasteiger partial charge in [0, 0.05) is 10.9 Å². The maximum absolute atomic E-state index is 5.94. The van der Waals surface area contributed by atoms with E-state index < -0.39 is 5.79 Å². The Morgan fingerprint density at radius 2 is 2.00 bits per heavy atom. The van der Waals surface area contributed by atoms with E-state index in [9.17, 15) is 0 Å². The van der Waals surface area contributed by atoms with E-state index in [2.05, 4.69) is 45.6 Å². The first-order chi connectivity index (χ1) is 8.85. The van der Waals surface area contributed by atoms with Gasteiger partial charge in [-0.15, -0.1) is 11.3 Å². The lowest BCUT2D eigenvalue weighted by Gasteiger charge is -2.27. The second-order valence-electron chi connectivity index (χ2n) is 4.12. The van der Waals surface area contributed by atoms with Gasteiger partial charge in [-0.3, -0.25) is 0 Å². The van der Waals surface area contributed by atoms with Gasteiger partial charge in [-0.1, -0.05) is 40.2 Å². The van der Waals surface area contributed by atoms with Crippen molar-refractivity contribution in [3.05, 3.63) is 57.8 Å². The highest BCUT2D eigenvalue weighted by atomic mass is 79.9. The smallest absolute Gasteiger partial charge is 0.232 e. The number of hydrogen-bond acceptors (Lipinski definition) is 3. The number of halogens is 1. The van der Waals surface area contributed by atoms with E-state index >= 15 is 0 Å². The monoisotopic (exact) mass is 324 g/mol. The zero-order valence-electron chi connectivity index (χ0n) is 9.77. The molecular weight excluding hydrogens is 312 g/mol. The standard InChI is InChI=1S/C14H13BrO2S/c15-10-11-3-1-4-12(9-11)14(16-6-7-17-14)13-5-2-8-18-13/h1-5,8-9H,6-7,10H2. The number of ether oxygens (including phenoxy) is 2. The van der Waals surface area contributed by atoms with Crippen molar-refractivity contribution in [3.63, 3.8) is 0 Å². The third-order valence-electron chi connectivity index (χ3n) is 3.00. The van der Waals surface area contributed by atoms with Crippen LogP contribution in [-0.4, -0.2) is 13.2 Å². The highest BCUT2D eigenvalue weighted by Crippen LogP contribution is 2.40.